The second-order valence-corrected chi connectivity index (χ2v) is 7.11. The zero-order chi connectivity index (χ0) is 22.7. The molecule has 0 aliphatic carbocycles. The van der Waals surface area contributed by atoms with E-state index in [2.05, 4.69) is 20.3 Å². The molecule has 11 nitrogen and oxygen atoms in total. The Morgan fingerprint density at radius 1 is 1.19 bits per heavy atom. The zero-order valence-corrected chi connectivity index (χ0v) is 17.2. The van der Waals surface area contributed by atoms with Crippen molar-refractivity contribution in [2.45, 2.75) is 6.92 Å². The maximum absolute atomic E-state index is 12.8. The minimum absolute atomic E-state index is 0.153. The van der Waals surface area contributed by atoms with Crippen molar-refractivity contribution in [1.29, 1.82) is 0 Å². The molecule has 11 heteroatoms. The highest BCUT2D eigenvalue weighted by Crippen LogP contribution is 2.22. The predicted molar refractivity (Wildman–Crippen MR) is 116 cm³/mol. The molecule has 2 aromatic heterocycles. The highest BCUT2D eigenvalue weighted by atomic mass is 16.6. The number of rotatable bonds is 5. The van der Waals surface area contributed by atoms with Crippen molar-refractivity contribution >= 4 is 23.1 Å². The molecule has 1 fully saturated rings. The number of pyridine rings is 1. The first-order valence-electron chi connectivity index (χ1n) is 9.89. The number of morpholine rings is 1. The van der Waals surface area contributed by atoms with E-state index >= 15 is 0 Å². The minimum atomic E-state index is -0.733. The second kappa shape index (κ2) is 8.94. The van der Waals surface area contributed by atoms with Gasteiger partial charge >= 0.3 is 0 Å². The summed E-state index contributed by atoms with van der Waals surface area (Å²) in [5, 5.41) is 18.1. The Morgan fingerprint density at radius 2 is 1.94 bits per heavy atom. The van der Waals surface area contributed by atoms with Crippen LogP contribution in [0.3, 0.4) is 0 Å². The molecule has 3 heterocycles. The van der Waals surface area contributed by atoms with Gasteiger partial charge in [0.25, 0.3) is 11.6 Å². The van der Waals surface area contributed by atoms with E-state index in [9.17, 15) is 19.7 Å². The maximum atomic E-state index is 12.8. The molecule has 1 aliphatic heterocycles. The molecular formula is C21H20N6O5. The van der Waals surface area contributed by atoms with Crippen molar-refractivity contribution in [2.24, 2.45) is 0 Å². The van der Waals surface area contributed by atoms with E-state index in [0.29, 0.717) is 24.6 Å². The first-order valence-corrected chi connectivity index (χ1v) is 9.89. The first-order chi connectivity index (χ1) is 15.4. The number of carbonyl (C=O) groups excluding carboxylic acids is 1. The molecule has 1 N–H and O–H groups in total. The summed E-state index contributed by atoms with van der Waals surface area (Å²) >= 11 is 0. The fraction of sp³-hybridized carbons (Fsp3) is 0.238. The van der Waals surface area contributed by atoms with Gasteiger partial charge in [-0.25, -0.2) is 9.67 Å². The van der Waals surface area contributed by atoms with E-state index in [1.807, 2.05) is 0 Å². The number of hydrogen-bond acceptors (Lipinski definition) is 8. The Kier molecular flexibility index (Phi) is 5.90. The van der Waals surface area contributed by atoms with Gasteiger partial charge in [-0.05, 0) is 25.1 Å². The van der Waals surface area contributed by atoms with Crippen LogP contribution < -0.4 is 15.6 Å². The molecule has 1 saturated heterocycles. The lowest BCUT2D eigenvalue weighted by atomic mass is 10.2. The van der Waals surface area contributed by atoms with E-state index in [1.165, 1.54) is 35.1 Å². The van der Waals surface area contributed by atoms with Crippen LogP contribution in [0.5, 0.6) is 0 Å². The van der Waals surface area contributed by atoms with Gasteiger partial charge in [-0.3, -0.25) is 19.7 Å². The van der Waals surface area contributed by atoms with Crippen LogP contribution in [-0.2, 0) is 4.74 Å². The van der Waals surface area contributed by atoms with Gasteiger partial charge in [0.05, 0.1) is 30.0 Å². The molecule has 164 valence electrons. The van der Waals surface area contributed by atoms with Gasteiger partial charge < -0.3 is 15.0 Å². The summed E-state index contributed by atoms with van der Waals surface area (Å²) < 4.78 is 6.54. The summed E-state index contributed by atoms with van der Waals surface area (Å²) in [6, 6.07) is 10.6. The van der Waals surface area contributed by atoms with Crippen LogP contribution >= 0.6 is 0 Å². The van der Waals surface area contributed by atoms with Crippen LogP contribution in [0.1, 0.15) is 16.2 Å². The highest BCUT2D eigenvalue weighted by molar-refractivity contribution is 6.02. The number of para-hydroxylation sites is 2. The van der Waals surface area contributed by atoms with Crippen molar-refractivity contribution in [3.8, 4) is 5.69 Å². The van der Waals surface area contributed by atoms with E-state index < -0.39 is 16.3 Å². The number of nitrogens with zero attached hydrogens (tertiary/aromatic N) is 5. The van der Waals surface area contributed by atoms with Crippen LogP contribution in [0, 0.1) is 17.0 Å². The highest BCUT2D eigenvalue weighted by Gasteiger charge is 2.20. The van der Waals surface area contributed by atoms with Gasteiger partial charge in [-0.15, -0.1) is 0 Å². The van der Waals surface area contributed by atoms with Crippen LogP contribution in [0.2, 0.25) is 0 Å². The van der Waals surface area contributed by atoms with Crippen LogP contribution in [0.15, 0.2) is 53.5 Å². The lowest BCUT2D eigenvalue weighted by Crippen LogP contribution is -2.36. The Balaban J connectivity index is 1.60. The molecule has 3 aromatic rings. The van der Waals surface area contributed by atoms with Crippen LogP contribution in [-0.4, -0.2) is 51.9 Å². The monoisotopic (exact) mass is 436 g/mol. The van der Waals surface area contributed by atoms with Gasteiger partial charge in [0.15, 0.2) is 5.69 Å². The Hall–Kier alpha value is -4.12. The Morgan fingerprint density at radius 3 is 2.62 bits per heavy atom. The number of hydrogen-bond donors (Lipinski definition) is 1. The Labute approximate surface area is 182 Å². The van der Waals surface area contributed by atoms with Gasteiger partial charge in [-0.1, -0.05) is 12.1 Å². The molecule has 0 bridgehead atoms. The SMILES string of the molecule is Cc1cc(=O)c(C(=O)Nc2ccc(N3CCOCC3)nc2)nn1-c1ccccc1[N+](=O)[O-]. The average molecular weight is 436 g/mol. The third kappa shape index (κ3) is 4.32. The summed E-state index contributed by atoms with van der Waals surface area (Å²) in [4.78, 5) is 42.5. The molecular weight excluding hydrogens is 416 g/mol. The predicted octanol–water partition coefficient (Wildman–Crippen LogP) is 1.93. The molecule has 0 atom stereocenters. The van der Waals surface area contributed by atoms with Gasteiger partial charge in [0.2, 0.25) is 5.43 Å². The maximum Gasteiger partial charge on any atom is 0.294 e. The molecule has 32 heavy (non-hydrogen) atoms. The molecule has 0 saturated carbocycles. The van der Waals surface area contributed by atoms with Crippen molar-refractivity contribution in [3.05, 3.63) is 80.4 Å². The topological polar surface area (TPSA) is 132 Å². The number of aromatic nitrogens is 3. The molecule has 1 aliphatic rings. The number of anilines is 2. The third-order valence-corrected chi connectivity index (χ3v) is 4.97. The first kappa shape index (κ1) is 21.1. The lowest BCUT2D eigenvalue weighted by Gasteiger charge is -2.27. The van der Waals surface area contributed by atoms with Crippen molar-refractivity contribution in [3.63, 3.8) is 0 Å². The normalized spacial score (nSPS) is 13.6. The fourth-order valence-electron chi connectivity index (χ4n) is 3.38. The largest absolute Gasteiger partial charge is 0.378 e. The lowest BCUT2D eigenvalue weighted by molar-refractivity contribution is -0.384. The summed E-state index contributed by atoms with van der Waals surface area (Å²) in [7, 11) is 0. The third-order valence-electron chi connectivity index (χ3n) is 4.97. The molecule has 1 aromatic carbocycles. The standard InChI is InChI=1S/C21H20N6O5/c1-14-12-18(28)20(24-26(14)16-4-2-3-5-17(16)27(30)31)21(29)23-15-6-7-19(22-13-15)25-8-10-32-11-9-25/h2-7,12-13H,8-11H2,1H3,(H,23,29). The number of nitro groups is 1. The average Bonchev–Trinajstić information content (AvgIpc) is 2.80. The summed E-state index contributed by atoms with van der Waals surface area (Å²) in [6.45, 7) is 4.31. The van der Waals surface area contributed by atoms with Crippen molar-refractivity contribution in [2.75, 3.05) is 36.5 Å². The number of amides is 1. The number of nitrogens with one attached hydrogen (secondary N) is 1. The van der Waals surface area contributed by atoms with Gasteiger partial charge in [0, 0.05) is 30.9 Å². The van der Waals surface area contributed by atoms with E-state index in [1.54, 1.807) is 25.1 Å². The van der Waals surface area contributed by atoms with E-state index in [0.717, 1.165) is 18.9 Å². The van der Waals surface area contributed by atoms with Crippen molar-refractivity contribution in [1.82, 2.24) is 14.8 Å². The summed E-state index contributed by atoms with van der Waals surface area (Å²) in [5.41, 5.74) is -0.260. The van der Waals surface area contributed by atoms with Crippen molar-refractivity contribution < 1.29 is 14.5 Å². The summed E-state index contributed by atoms with van der Waals surface area (Å²) in [6.07, 6.45) is 1.50. The van der Waals surface area contributed by atoms with Crippen LogP contribution in [0.4, 0.5) is 17.2 Å². The quantitative estimate of drug-likeness (QED) is 0.474. The Bertz CT molecular complexity index is 1220. The number of benzene rings is 1. The number of aryl methyl sites for hydroxylation is 1. The number of carbonyl (C=O) groups is 1. The van der Waals surface area contributed by atoms with E-state index in [-0.39, 0.29) is 17.1 Å². The minimum Gasteiger partial charge on any atom is -0.378 e. The molecule has 1 amide bonds. The smallest absolute Gasteiger partial charge is 0.294 e. The molecule has 0 spiro atoms. The zero-order valence-electron chi connectivity index (χ0n) is 17.2. The summed E-state index contributed by atoms with van der Waals surface area (Å²) in [5.74, 6) is 0.0294. The van der Waals surface area contributed by atoms with E-state index in [4.69, 9.17) is 4.74 Å². The molecule has 4 rings (SSSR count). The van der Waals surface area contributed by atoms with Gasteiger partial charge in [-0.2, -0.15) is 5.10 Å². The number of ether oxygens (including phenoxy) is 1. The molecule has 0 unspecified atom stereocenters. The molecule has 0 radical (unpaired) electrons. The van der Waals surface area contributed by atoms with Gasteiger partial charge in [0.1, 0.15) is 11.5 Å². The fourth-order valence-corrected chi connectivity index (χ4v) is 3.38. The second-order valence-electron chi connectivity index (χ2n) is 7.11. The number of nitro benzene ring substituents is 1. The van der Waals surface area contributed by atoms with Crippen LogP contribution in [0.25, 0.3) is 5.69 Å².